The Balaban J connectivity index is 1.33. The number of fused-ring (bicyclic) bond motifs is 2. The number of phenols is 1. The summed E-state index contributed by atoms with van der Waals surface area (Å²) in [5.41, 5.74) is 2.45. The van der Waals surface area contributed by atoms with Gasteiger partial charge in [-0.05, 0) is 93.2 Å². The van der Waals surface area contributed by atoms with Gasteiger partial charge in [0.05, 0.1) is 12.2 Å². The second kappa shape index (κ2) is 12.9. The average Bonchev–Trinajstić information content (AvgIpc) is 3.23. The van der Waals surface area contributed by atoms with Gasteiger partial charge in [0.15, 0.2) is 12.6 Å². The fourth-order valence-corrected chi connectivity index (χ4v) is 6.82. The van der Waals surface area contributed by atoms with Crippen molar-refractivity contribution in [2.24, 2.45) is 17.8 Å². The number of hydrogen-bond donors (Lipinski definition) is 1. The highest BCUT2D eigenvalue weighted by atomic mass is 16.7. The third kappa shape index (κ3) is 6.53. The van der Waals surface area contributed by atoms with Crippen molar-refractivity contribution >= 4 is 0 Å². The third-order valence-electron chi connectivity index (χ3n) is 8.80. The van der Waals surface area contributed by atoms with Gasteiger partial charge in [0.25, 0.3) is 0 Å². The van der Waals surface area contributed by atoms with Crippen LogP contribution >= 0.6 is 0 Å². The fourth-order valence-electron chi connectivity index (χ4n) is 6.82. The van der Waals surface area contributed by atoms with Gasteiger partial charge in [-0.1, -0.05) is 50.5 Å². The lowest BCUT2D eigenvalue weighted by Crippen LogP contribution is -2.32. The standard InChI is InChI=1S/C31H46O5/c1-2-3-4-11-24(35-30-13-5-7-17-33-30)15-16-25-26-19-22-10-9-12-28(32)27(22)20-23(26)21-29(25)36-31-14-6-8-18-34-31/h9-10,12,15-16,23-26,29-32H,2-8,11,13-14,17-21H2,1H3/t23-,24-,25+,26+,29+,30?,31?/m0/s1. The minimum absolute atomic E-state index is 0.0708. The molecular weight excluding hydrogens is 452 g/mol. The number of benzene rings is 1. The zero-order valence-electron chi connectivity index (χ0n) is 22.1. The molecule has 1 saturated carbocycles. The molecular formula is C31H46O5. The van der Waals surface area contributed by atoms with E-state index in [1.165, 1.54) is 37.7 Å². The Labute approximate surface area is 217 Å². The van der Waals surface area contributed by atoms with Crippen LogP contribution in [-0.2, 0) is 31.8 Å². The van der Waals surface area contributed by atoms with Gasteiger partial charge >= 0.3 is 0 Å². The van der Waals surface area contributed by atoms with E-state index in [0.29, 0.717) is 23.5 Å². The van der Waals surface area contributed by atoms with Crippen LogP contribution in [0.4, 0.5) is 0 Å². The predicted octanol–water partition coefficient (Wildman–Crippen LogP) is 6.70. The molecule has 2 saturated heterocycles. The summed E-state index contributed by atoms with van der Waals surface area (Å²) < 4.78 is 25.1. The lowest BCUT2D eigenvalue weighted by Gasteiger charge is -2.32. The quantitative estimate of drug-likeness (QED) is 0.287. The molecule has 5 heteroatoms. The molecule has 0 amide bonds. The molecule has 2 aliphatic carbocycles. The summed E-state index contributed by atoms with van der Waals surface area (Å²) in [7, 11) is 0. The van der Waals surface area contributed by atoms with Crippen molar-refractivity contribution in [1.29, 1.82) is 0 Å². The van der Waals surface area contributed by atoms with Crippen LogP contribution in [0, 0.1) is 17.8 Å². The van der Waals surface area contributed by atoms with Crippen molar-refractivity contribution < 1.29 is 24.1 Å². The first-order valence-electron chi connectivity index (χ1n) is 14.7. The van der Waals surface area contributed by atoms with Crippen LogP contribution in [0.2, 0.25) is 0 Å². The van der Waals surface area contributed by atoms with E-state index >= 15 is 0 Å². The van der Waals surface area contributed by atoms with E-state index < -0.39 is 0 Å². The second-order valence-corrected chi connectivity index (χ2v) is 11.4. The first-order valence-corrected chi connectivity index (χ1v) is 14.7. The molecule has 5 rings (SSSR count). The summed E-state index contributed by atoms with van der Waals surface area (Å²) in [6.07, 6.45) is 19.1. The maximum Gasteiger partial charge on any atom is 0.158 e. The molecule has 1 N–H and O–H groups in total. The number of hydrogen-bond acceptors (Lipinski definition) is 5. The molecule has 5 nitrogen and oxygen atoms in total. The van der Waals surface area contributed by atoms with E-state index in [0.717, 1.165) is 70.1 Å². The van der Waals surface area contributed by atoms with Gasteiger partial charge in [-0.15, -0.1) is 0 Å². The Bertz CT molecular complexity index is 841. The summed E-state index contributed by atoms with van der Waals surface area (Å²) in [6, 6.07) is 6.02. The Morgan fingerprint density at radius 3 is 2.58 bits per heavy atom. The van der Waals surface area contributed by atoms with E-state index in [-0.39, 0.29) is 24.8 Å². The van der Waals surface area contributed by atoms with Crippen molar-refractivity contribution in [3.8, 4) is 5.75 Å². The zero-order chi connectivity index (χ0) is 24.7. The molecule has 4 aliphatic rings. The van der Waals surface area contributed by atoms with Gasteiger partial charge in [0, 0.05) is 19.1 Å². The van der Waals surface area contributed by atoms with Gasteiger partial charge in [-0.2, -0.15) is 0 Å². The van der Waals surface area contributed by atoms with E-state index in [4.69, 9.17) is 18.9 Å². The zero-order valence-corrected chi connectivity index (χ0v) is 22.1. The van der Waals surface area contributed by atoms with Crippen molar-refractivity contribution in [3.05, 3.63) is 41.5 Å². The number of unbranched alkanes of at least 4 members (excludes halogenated alkanes) is 2. The van der Waals surface area contributed by atoms with Gasteiger partial charge < -0.3 is 24.1 Å². The highest BCUT2D eigenvalue weighted by molar-refractivity contribution is 5.42. The molecule has 7 atom stereocenters. The molecule has 1 aromatic carbocycles. The molecule has 0 bridgehead atoms. The van der Waals surface area contributed by atoms with Crippen molar-refractivity contribution in [3.63, 3.8) is 0 Å². The predicted molar refractivity (Wildman–Crippen MR) is 141 cm³/mol. The highest BCUT2D eigenvalue weighted by Crippen LogP contribution is 2.48. The second-order valence-electron chi connectivity index (χ2n) is 11.4. The summed E-state index contributed by atoms with van der Waals surface area (Å²) in [5.74, 6) is 1.83. The Kier molecular flexibility index (Phi) is 9.40. The molecule has 0 aromatic heterocycles. The average molecular weight is 499 g/mol. The van der Waals surface area contributed by atoms with Crippen molar-refractivity contribution in [1.82, 2.24) is 0 Å². The van der Waals surface area contributed by atoms with Crippen LogP contribution in [0.3, 0.4) is 0 Å². The highest BCUT2D eigenvalue weighted by Gasteiger charge is 2.46. The molecule has 3 fully saturated rings. The summed E-state index contributed by atoms with van der Waals surface area (Å²) >= 11 is 0. The molecule has 2 aliphatic heterocycles. The third-order valence-corrected chi connectivity index (χ3v) is 8.80. The smallest absolute Gasteiger partial charge is 0.158 e. The van der Waals surface area contributed by atoms with Gasteiger partial charge in [0.2, 0.25) is 0 Å². The number of aromatic hydroxyl groups is 1. The van der Waals surface area contributed by atoms with Gasteiger partial charge in [-0.3, -0.25) is 0 Å². The van der Waals surface area contributed by atoms with Crippen LogP contribution in [0.25, 0.3) is 0 Å². The van der Waals surface area contributed by atoms with E-state index in [2.05, 4.69) is 25.1 Å². The number of phenolic OH excluding ortho intramolecular Hbond substituents is 1. The molecule has 200 valence electrons. The SMILES string of the molecule is CCCCC[C@@H](C=C[C@@H]1[C@@H]2Cc3cccc(O)c3C[C@H]2C[C@H]1OC1CCCCO1)OC1CCCCO1. The molecule has 2 heterocycles. The van der Waals surface area contributed by atoms with Crippen LogP contribution in [0.15, 0.2) is 30.4 Å². The monoisotopic (exact) mass is 498 g/mol. The first kappa shape index (κ1) is 26.2. The molecule has 0 radical (unpaired) electrons. The van der Waals surface area contributed by atoms with Crippen molar-refractivity contribution in [2.75, 3.05) is 13.2 Å². The normalized spacial score (nSPS) is 33.4. The van der Waals surface area contributed by atoms with Gasteiger partial charge in [0.1, 0.15) is 5.75 Å². The lowest BCUT2D eigenvalue weighted by molar-refractivity contribution is -0.193. The minimum atomic E-state index is -0.0807. The van der Waals surface area contributed by atoms with Crippen LogP contribution < -0.4 is 0 Å². The Morgan fingerprint density at radius 1 is 1.03 bits per heavy atom. The van der Waals surface area contributed by atoms with Crippen LogP contribution in [0.1, 0.15) is 88.7 Å². The summed E-state index contributed by atoms with van der Waals surface area (Å²) in [5, 5.41) is 10.5. The Hall–Kier alpha value is -1.40. The fraction of sp³-hybridized carbons (Fsp3) is 0.742. The lowest BCUT2D eigenvalue weighted by atomic mass is 9.74. The van der Waals surface area contributed by atoms with Crippen LogP contribution in [0.5, 0.6) is 5.75 Å². The maximum absolute atomic E-state index is 10.5. The molecule has 36 heavy (non-hydrogen) atoms. The number of ether oxygens (including phenoxy) is 4. The first-order chi connectivity index (χ1) is 17.7. The summed E-state index contributed by atoms with van der Waals surface area (Å²) in [6.45, 7) is 3.87. The van der Waals surface area contributed by atoms with E-state index in [1.54, 1.807) is 0 Å². The summed E-state index contributed by atoms with van der Waals surface area (Å²) in [4.78, 5) is 0. The van der Waals surface area contributed by atoms with Crippen molar-refractivity contribution in [2.45, 2.75) is 115 Å². The van der Waals surface area contributed by atoms with Crippen LogP contribution in [-0.4, -0.2) is 43.1 Å². The van der Waals surface area contributed by atoms with Gasteiger partial charge in [-0.25, -0.2) is 0 Å². The maximum atomic E-state index is 10.5. The molecule has 0 spiro atoms. The van der Waals surface area contributed by atoms with E-state index in [1.807, 2.05) is 12.1 Å². The number of rotatable bonds is 10. The minimum Gasteiger partial charge on any atom is -0.508 e. The largest absolute Gasteiger partial charge is 0.508 e. The molecule has 1 aromatic rings. The Morgan fingerprint density at radius 2 is 1.83 bits per heavy atom. The molecule has 2 unspecified atom stereocenters. The van der Waals surface area contributed by atoms with E-state index in [9.17, 15) is 5.11 Å². The topological polar surface area (TPSA) is 57.2 Å².